The molecule has 2 rings (SSSR count). The second-order valence-electron chi connectivity index (χ2n) is 1.46. The molecule has 6 heavy (non-hydrogen) atoms. The van der Waals surface area contributed by atoms with Crippen LogP contribution in [0.5, 0.6) is 0 Å². The van der Waals surface area contributed by atoms with Gasteiger partial charge in [-0.1, -0.05) is 19.8 Å². The lowest BCUT2D eigenvalue weighted by atomic mass is 11.0. The molecule has 2 aliphatic heterocycles. The zero-order chi connectivity index (χ0) is 3.98. The average Bonchev–Trinajstić information content (AvgIpc) is 2.26. The first kappa shape index (κ1) is 3.36. The Kier molecular flexibility index (Phi) is 0.526. The van der Waals surface area contributed by atoms with Crippen LogP contribution in [0.25, 0.3) is 0 Å². The van der Waals surface area contributed by atoms with Gasteiger partial charge in [0.2, 0.25) is 0 Å². The highest BCUT2D eigenvalue weighted by Gasteiger charge is 2.25. The molecule has 0 aromatic carbocycles. The zero-order valence-corrected chi connectivity index (χ0v) is 4.99. The van der Waals surface area contributed by atoms with Gasteiger partial charge < -0.3 is 0 Å². The monoisotopic (exact) mass is 114 g/mol. The molecule has 0 N–H and O–H groups in total. The predicted octanol–water partition coefficient (Wildman–Crippen LogP) is 2.04. The topological polar surface area (TPSA) is 0 Å². The lowest BCUT2D eigenvalue weighted by molar-refractivity contribution is 2.02. The Morgan fingerprint density at radius 1 is 1.50 bits per heavy atom. The van der Waals surface area contributed by atoms with E-state index in [-0.39, 0.29) is 0 Å². The molecule has 0 fully saturated rings. The smallest absolute Gasteiger partial charge is 0.0499 e. The van der Waals surface area contributed by atoms with Crippen LogP contribution >= 0.6 is 16.1 Å². The molecule has 0 aliphatic carbocycles. The predicted molar refractivity (Wildman–Crippen MR) is 32.8 cm³/mol. The van der Waals surface area contributed by atoms with E-state index in [0.717, 1.165) is 5.40 Å². The quantitative estimate of drug-likeness (QED) is 0.457. The Labute approximate surface area is 39.8 Å². The van der Waals surface area contributed by atoms with E-state index in [1.165, 1.54) is 0 Å². The Hall–Kier alpha value is 0.340. The van der Waals surface area contributed by atoms with Gasteiger partial charge in [-0.25, -0.2) is 0 Å². The molecule has 0 saturated heterocycles. The van der Waals surface area contributed by atoms with Gasteiger partial charge in [0, 0.05) is 5.40 Å². The van der Waals surface area contributed by atoms with Crippen molar-refractivity contribution in [3.05, 3.63) is 11.6 Å². The van der Waals surface area contributed by atoms with Gasteiger partial charge in [0.15, 0.2) is 0 Å². The van der Waals surface area contributed by atoms with Crippen LogP contribution in [0.15, 0.2) is 11.6 Å². The first-order chi connectivity index (χ1) is 2.97. The van der Waals surface area contributed by atoms with Crippen molar-refractivity contribution in [2.24, 2.45) is 0 Å². The highest BCUT2D eigenvalue weighted by molar-refractivity contribution is 7.85. The summed E-state index contributed by atoms with van der Waals surface area (Å²) >= 11 is 0. The molecular weight excluding hydrogens is 110 g/mol. The van der Waals surface area contributed by atoms with Crippen LogP contribution in [-0.2, 0) is 0 Å². The van der Waals surface area contributed by atoms with E-state index in [2.05, 4.69) is 17.4 Å². The summed E-state index contributed by atoms with van der Waals surface area (Å²) in [5.74, 6) is 7.03. The van der Waals surface area contributed by atoms with Crippen molar-refractivity contribution in [1.82, 2.24) is 0 Å². The molecule has 30 valence electrons. The Morgan fingerprint density at radius 2 is 2.17 bits per heavy atom. The van der Waals surface area contributed by atoms with Crippen LogP contribution in [0.1, 0.15) is 0 Å². The van der Waals surface area contributed by atoms with E-state index < -0.39 is 0 Å². The summed E-state index contributed by atoms with van der Waals surface area (Å²) in [7, 11) is 1.98. The fourth-order valence-electron chi connectivity index (χ4n) is 0.407. The second-order valence-corrected chi connectivity index (χ2v) is 5.06. The van der Waals surface area contributed by atoms with Crippen molar-refractivity contribution in [1.29, 1.82) is 0 Å². The maximum absolute atomic E-state index is 2.37. The molecule has 1 atom stereocenters. The van der Waals surface area contributed by atoms with Crippen molar-refractivity contribution in [2.75, 3.05) is 0 Å². The maximum atomic E-state index is 2.37. The molecule has 2 heterocycles. The van der Waals surface area contributed by atoms with Crippen LogP contribution < -0.4 is 0 Å². The van der Waals surface area contributed by atoms with E-state index in [4.69, 9.17) is 0 Å². The molecule has 2 aliphatic rings. The highest BCUT2D eigenvalue weighted by atomic mass is 31.2. The van der Waals surface area contributed by atoms with Gasteiger partial charge >= 0.3 is 0 Å². The fraction of sp³-hybridized carbons (Fsp3) is 0.250. The van der Waals surface area contributed by atoms with Gasteiger partial charge in [-0.15, -0.1) is 0 Å². The van der Waals surface area contributed by atoms with Gasteiger partial charge in [-0.3, -0.25) is 0 Å². The largest absolute Gasteiger partial charge is 0.0942 e. The van der Waals surface area contributed by atoms with Gasteiger partial charge in [0.25, 0.3) is 0 Å². The van der Waals surface area contributed by atoms with Crippen LogP contribution in [0, 0.1) is 0 Å². The SMILES string of the molecule is C1=CP1C1C=P1. The lowest BCUT2D eigenvalue weighted by Gasteiger charge is -1.81. The van der Waals surface area contributed by atoms with Crippen molar-refractivity contribution in [3.63, 3.8) is 0 Å². The highest BCUT2D eigenvalue weighted by Crippen LogP contribution is 2.64. The van der Waals surface area contributed by atoms with Crippen LogP contribution in [0.3, 0.4) is 0 Å². The minimum Gasteiger partial charge on any atom is -0.0942 e. The summed E-state index contributed by atoms with van der Waals surface area (Å²) in [6, 6.07) is 0. The fourth-order valence-corrected chi connectivity index (χ4v) is 3.07. The van der Waals surface area contributed by atoms with Crippen molar-refractivity contribution < 1.29 is 0 Å². The summed E-state index contributed by atoms with van der Waals surface area (Å²) in [5.41, 5.74) is 0. The van der Waals surface area contributed by atoms with Gasteiger partial charge in [-0.05, 0) is 13.7 Å². The molecule has 0 amide bonds. The minimum absolute atomic E-state index is 0.384. The molecule has 0 nitrogen and oxygen atoms in total. The molecular formula is C4H4P2. The van der Waals surface area contributed by atoms with Crippen molar-refractivity contribution >= 4 is 21.9 Å². The number of rotatable bonds is 1. The first-order valence-corrected chi connectivity index (χ1v) is 4.54. The third kappa shape index (κ3) is 0.453. The van der Waals surface area contributed by atoms with Crippen LogP contribution in [0.2, 0.25) is 0 Å². The van der Waals surface area contributed by atoms with Gasteiger partial charge in [-0.2, -0.15) is 0 Å². The van der Waals surface area contributed by atoms with Crippen molar-refractivity contribution in [2.45, 2.75) is 5.40 Å². The Morgan fingerprint density at radius 3 is 2.33 bits per heavy atom. The van der Waals surface area contributed by atoms with E-state index in [1.54, 1.807) is 8.20 Å². The normalized spacial score (nSPS) is 40.3. The van der Waals surface area contributed by atoms with Crippen LogP contribution in [0.4, 0.5) is 0 Å². The second kappa shape index (κ2) is 0.941. The molecule has 1 unspecified atom stereocenters. The van der Waals surface area contributed by atoms with Crippen LogP contribution in [-0.4, -0.2) is 11.2 Å². The standard InChI is InChI=1S/C4H4P2/c1-2-6(1)4-3-5-4/h1-4H. The molecule has 0 aromatic heterocycles. The van der Waals surface area contributed by atoms with E-state index >= 15 is 0 Å². The average molecular weight is 114 g/mol. The van der Waals surface area contributed by atoms with Gasteiger partial charge in [0.1, 0.15) is 0 Å². The molecule has 0 bridgehead atoms. The van der Waals surface area contributed by atoms with E-state index in [1.807, 2.05) is 0 Å². The molecule has 2 heteroatoms. The summed E-state index contributed by atoms with van der Waals surface area (Å²) in [6.45, 7) is 0. The summed E-state index contributed by atoms with van der Waals surface area (Å²) in [5, 5.41) is 1.01. The van der Waals surface area contributed by atoms with Crippen molar-refractivity contribution in [3.8, 4) is 0 Å². The summed E-state index contributed by atoms with van der Waals surface area (Å²) in [6.07, 6.45) is 0. The minimum atomic E-state index is 0.384. The van der Waals surface area contributed by atoms with Gasteiger partial charge in [0.05, 0.1) is 0 Å². The Balaban J connectivity index is 1.97. The molecule has 0 spiro atoms. The first-order valence-electron chi connectivity index (χ1n) is 1.96. The zero-order valence-electron chi connectivity index (χ0n) is 3.20. The third-order valence-electron chi connectivity index (χ3n) is 0.909. The maximum Gasteiger partial charge on any atom is 0.0499 e. The lowest BCUT2D eigenvalue weighted by Crippen LogP contribution is -1.64. The molecule has 0 saturated carbocycles. The van der Waals surface area contributed by atoms with E-state index in [9.17, 15) is 0 Å². The summed E-state index contributed by atoms with van der Waals surface area (Å²) < 4.78 is 0. The third-order valence-corrected chi connectivity index (χ3v) is 4.33. The molecule has 0 aromatic rings. The summed E-state index contributed by atoms with van der Waals surface area (Å²) in [4.78, 5) is 0. The van der Waals surface area contributed by atoms with E-state index in [0.29, 0.717) is 7.92 Å². The Bertz CT molecular complexity index is 97.5. The molecule has 0 radical (unpaired) electrons. The number of hydrogen-bond donors (Lipinski definition) is 0. The number of hydrogen-bond acceptors (Lipinski definition) is 0.